The maximum Gasteiger partial charge on any atom is 0.0701 e. The first-order chi connectivity index (χ1) is 6.63. The Morgan fingerprint density at radius 3 is 2.71 bits per heavy atom. The average Bonchev–Trinajstić information content (AvgIpc) is 2.71. The summed E-state index contributed by atoms with van der Waals surface area (Å²) in [6, 6.07) is 4.37. The van der Waals surface area contributed by atoms with E-state index in [1.54, 1.807) is 0 Å². The van der Waals surface area contributed by atoms with E-state index in [0.717, 1.165) is 6.42 Å². The summed E-state index contributed by atoms with van der Waals surface area (Å²) < 4.78 is 1.23. The number of rotatable bonds is 4. The van der Waals surface area contributed by atoms with Crippen molar-refractivity contribution in [3.8, 4) is 0 Å². The van der Waals surface area contributed by atoms with Gasteiger partial charge in [0.2, 0.25) is 0 Å². The van der Waals surface area contributed by atoms with Crippen molar-refractivity contribution in [2.75, 3.05) is 0 Å². The van der Waals surface area contributed by atoms with Gasteiger partial charge in [-0.15, -0.1) is 11.3 Å². The first kappa shape index (κ1) is 10.7. The Morgan fingerprint density at radius 1 is 1.57 bits per heavy atom. The Labute approximate surface area is 97.8 Å². The van der Waals surface area contributed by atoms with E-state index in [9.17, 15) is 0 Å². The molecule has 1 nitrogen and oxygen atoms in total. The molecule has 14 heavy (non-hydrogen) atoms. The van der Waals surface area contributed by atoms with Gasteiger partial charge in [0.25, 0.3) is 0 Å². The van der Waals surface area contributed by atoms with Crippen LogP contribution in [0.1, 0.15) is 43.4 Å². The SMILES string of the molecule is CCC(CC1(N)CC1)c1ccc(Br)s1. The fourth-order valence-corrected chi connectivity index (χ4v) is 3.46. The minimum Gasteiger partial charge on any atom is -0.325 e. The third kappa shape index (κ3) is 2.38. The second-order valence-electron chi connectivity index (χ2n) is 4.31. The van der Waals surface area contributed by atoms with Gasteiger partial charge in [-0.25, -0.2) is 0 Å². The molecule has 0 aliphatic heterocycles. The molecule has 1 aromatic heterocycles. The van der Waals surface area contributed by atoms with Crippen molar-refractivity contribution in [1.29, 1.82) is 0 Å². The lowest BCUT2D eigenvalue weighted by Gasteiger charge is -2.17. The van der Waals surface area contributed by atoms with Gasteiger partial charge in [-0.1, -0.05) is 6.92 Å². The molecule has 0 saturated heterocycles. The van der Waals surface area contributed by atoms with Gasteiger partial charge in [0.1, 0.15) is 0 Å². The monoisotopic (exact) mass is 273 g/mol. The van der Waals surface area contributed by atoms with E-state index in [1.807, 2.05) is 11.3 Å². The molecular weight excluding hydrogens is 258 g/mol. The van der Waals surface area contributed by atoms with Gasteiger partial charge >= 0.3 is 0 Å². The summed E-state index contributed by atoms with van der Waals surface area (Å²) in [5.41, 5.74) is 6.34. The minimum atomic E-state index is 0.178. The van der Waals surface area contributed by atoms with Crippen LogP contribution in [-0.4, -0.2) is 5.54 Å². The van der Waals surface area contributed by atoms with Crippen LogP contribution in [0.5, 0.6) is 0 Å². The first-order valence-electron chi connectivity index (χ1n) is 5.17. The van der Waals surface area contributed by atoms with Crippen molar-refractivity contribution >= 4 is 27.3 Å². The van der Waals surface area contributed by atoms with Crippen LogP contribution < -0.4 is 5.73 Å². The summed E-state index contributed by atoms with van der Waals surface area (Å²) >= 11 is 5.36. The van der Waals surface area contributed by atoms with E-state index >= 15 is 0 Å². The fourth-order valence-electron chi connectivity index (χ4n) is 1.85. The number of thiophene rings is 1. The van der Waals surface area contributed by atoms with Gasteiger partial charge in [0.05, 0.1) is 3.79 Å². The highest BCUT2D eigenvalue weighted by Gasteiger charge is 2.40. The van der Waals surface area contributed by atoms with E-state index in [1.165, 1.54) is 27.9 Å². The predicted molar refractivity (Wildman–Crippen MR) is 65.8 cm³/mol. The van der Waals surface area contributed by atoms with E-state index in [0.29, 0.717) is 5.92 Å². The standard InChI is InChI=1S/C11H16BrNS/c1-2-8(7-11(13)5-6-11)9-3-4-10(12)14-9/h3-4,8H,2,5-7,13H2,1H3. The highest BCUT2D eigenvalue weighted by Crippen LogP contribution is 2.43. The van der Waals surface area contributed by atoms with Crippen molar-refractivity contribution in [2.45, 2.75) is 44.1 Å². The third-order valence-corrected chi connectivity index (χ3v) is 4.82. The van der Waals surface area contributed by atoms with Crippen LogP contribution in [0.15, 0.2) is 15.9 Å². The zero-order valence-electron chi connectivity index (χ0n) is 8.42. The van der Waals surface area contributed by atoms with Crippen LogP contribution in [0, 0.1) is 0 Å². The van der Waals surface area contributed by atoms with Crippen molar-refractivity contribution in [3.05, 3.63) is 20.8 Å². The molecule has 1 unspecified atom stereocenters. The molecule has 1 aliphatic carbocycles. The van der Waals surface area contributed by atoms with E-state index in [-0.39, 0.29) is 5.54 Å². The van der Waals surface area contributed by atoms with Crippen molar-refractivity contribution in [1.82, 2.24) is 0 Å². The molecule has 0 aromatic carbocycles. The minimum absolute atomic E-state index is 0.178. The Hall–Kier alpha value is 0.140. The van der Waals surface area contributed by atoms with Crippen LogP contribution in [-0.2, 0) is 0 Å². The molecule has 1 fully saturated rings. The summed E-state index contributed by atoms with van der Waals surface area (Å²) in [6.45, 7) is 2.25. The predicted octanol–water partition coefficient (Wildman–Crippen LogP) is 3.89. The number of halogens is 1. The lowest BCUT2D eigenvalue weighted by atomic mass is 9.95. The molecule has 2 rings (SSSR count). The molecule has 2 N–H and O–H groups in total. The van der Waals surface area contributed by atoms with Crippen molar-refractivity contribution in [3.63, 3.8) is 0 Å². The van der Waals surface area contributed by atoms with E-state index in [2.05, 4.69) is 35.0 Å². The summed E-state index contributed by atoms with van der Waals surface area (Å²) in [6.07, 6.45) is 4.80. The lowest BCUT2D eigenvalue weighted by molar-refractivity contribution is 0.510. The zero-order valence-corrected chi connectivity index (χ0v) is 10.8. The van der Waals surface area contributed by atoms with Gasteiger partial charge in [-0.3, -0.25) is 0 Å². The highest BCUT2D eigenvalue weighted by atomic mass is 79.9. The molecule has 1 aromatic rings. The first-order valence-corrected chi connectivity index (χ1v) is 6.78. The molecular formula is C11H16BrNS. The number of hydrogen-bond acceptors (Lipinski definition) is 2. The second kappa shape index (κ2) is 3.95. The van der Waals surface area contributed by atoms with E-state index < -0.39 is 0 Å². The maximum atomic E-state index is 6.16. The van der Waals surface area contributed by atoms with Gasteiger partial charge in [-0.2, -0.15) is 0 Å². The number of nitrogens with two attached hydrogens (primary N) is 1. The average molecular weight is 274 g/mol. The molecule has 78 valence electrons. The summed E-state index contributed by atoms with van der Waals surface area (Å²) in [4.78, 5) is 1.48. The van der Waals surface area contributed by atoms with Gasteiger partial charge in [0, 0.05) is 10.4 Å². The lowest BCUT2D eigenvalue weighted by Crippen LogP contribution is -2.24. The summed E-state index contributed by atoms with van der Waals surface area (Å²) in [5.74, 6) is 0.666. The van der Waals surface area contributed by atoms with Crippen LogP contribution in [0.4, 0.5) is 0 Å². The zero-order chi connectivity index (χ0) is 10.2. The Balaban J connectivity index is 2.05. The Kier molecular flexibility index (Phi) is 3.01. The highest BCUT2D eigenvalue weighted by molar-refractivity contribution is 9.11. The molecule has 0 radical (unpaired) electrons. The molecule has 1 aliphatic rings. The Morgan fingerprint density at radius 2 is 2.29 bits per heavy atom. The smallest absolute Gasteiger partial charge is 0.0701 e. The van der Waals surface area contributed by atoms with Crippen molar-refractivity contribution in [2.24, 2.45) is 5.73 Å². The van der Waals surface area contributed by atoms with Crippen LogP contribution >= 0.6 is 27.3 Å². The third-order valence-electron chi connectivity index (χ3n) is 3.03. The van der Waals surface area contributed by atoms with Crippen LogP contribution in [0.25, 0.3) is 0 Å². The fraction of sp³-hybridized carbons (Fsp3) is 0.636. The second-order valence-corrected chi connectivity index (χ2v) is 6.81. The summed E-state index contributed by atoms with van der Waals surface area (Å²) in [5, 5.41) is 0. The number of hydrogen-bond donors (Lipinski definition) is 1. The summed E-state index contributed by atoms with van der Waals surface area (Å²) in [7, 11) is 0. The molecule has 0 amide bonds. The molecule has 1 heterocycles. The van der Waals surface area contributed by atoms with Gasteiger partial charge in [-0.05, 0) is 59.7 Å². The maximum absolute atomic E-state index is 6.16. The normalized spacial score (nSPS) is 20.8. The molecule has 0 spiro atoms. The van der Waals surface area contributed by atoms with Crippen LogP contribution in [0.2, 0.25) is 0 Å². The van der Waals surface area contributed by atoms with Crippen molar-refractivity contribution < 1.29 is 0 Å². The molecule has 0 bridgehead atoms. The van der Waals surface area contributed by atoms with Crippen LogP contribution in [0.3, 0.4) is 0 Å². The molecule has 1 saturated carbocycles. The van der Waals surface area contributed by atoms with Gasteiger partial charge < -0.3 is 5.73 Å². The molecule has 3 heteroatoms. The quantitative estimate of drug-likeness (QED) is 0.885. The Bertz CT molecular complexity index is 317. The molecule has 1 atom stereocenters. The largest absolute Gasteiger partial charge is 0.325 e. The topological polar surface area (TPSA) is 26.0 Å². The van der Waals surface area contributed by atoms with E-state index in [4.69, 9.17) is 5.73 Å². The van der Waals surface area contributed by atoms with Gasteiger partial charge in [0.15, 0.2) is 0 Å².